The topological polar surface area (TPSA) is 78.3 Å². The molecule has 1 aromatic carbocycles. The molecule has 3 aromatic rings. The highest BCUT2D eigenvalue weighted by Gasteiger charge is 2.31. The SMILES string of the molecule is Cc1ccn(CCc2c[nH]c3ccccc23)c(=O)c1C(=O)N1CCC[C@@H]1CO. The summed E-state index contributed by atoms with van der Waals surface area (Å²) in [7, 11) is 0. The Hall–Kier alpha value is -2.86. The molecule has 2 aromatic heterocycles. The smallest absolute Gasteiger partial charge is 0.263 e. The van der Waals surface area contributed by atoms with Crippen molar-refractivity contribution in [1.29, 1.82) is 0 Å². The van der Waals surface area contributed by atoms with E-state index in [1.807, 2.05) is 30.5 Å². The maximum Gasteiger partial charge on any atom is 0.263 e. The van der Waals surface area contributed by atoms with Gasteiger partial charge in [-0.25, -0.2) is 0 Å². The largest absolute Gasteiger partial charge is 0.394 e. The van der Waals surface area contributed by atoms with E-state index in [-0.39, 0.29) is 29.7 Å². The first-order valence-corrected chi connectivity index (χ1v) is 9.77. The van der Waals surface area contributed by atoms with Gasteiger partial charge in [-0.3, -0.25) is 9.59 Å². The molecule has 146 valence electrons. The Balaban J connectivity index is 1.60. The average molecular weight is 379 g/mol. The first-order chi connectivity index (χ1) is 13.6. The predicted octanol–water partition coefficient (Wildman–Crippen LogP) is 2.48. The van der Waals surface area contributed by atoms with Crippen molar-refractivity contribution in [2.75, 3.05) is 13.2 Å². The van der Waals surface area contributed by atoms with Gasteiger partial charge in [0.05, 0.1) is 12.6 Å². The number of rotatable bonds is 5. The number of nitrogens with zero attached hydrogens (tertiary/aromatic N) is 2. The van der Waals surface area contributed by atoms with Crippen LogP contribution in [0.4, 0.5) is 0 Å². The van der Waals surface area contributed by atoms with Crippen LogP contribution in [0.3, 0.4) is 0 Å². The van der Waals surface area contributed by atoms with Crippen molar-refractivity contribution < 1.29 is 9.90 Å². The fourth-order valence-corrected chi connectivity index (χ4v) is 4.12. The molecule has 6 heteroatoms. The number of para-hydroxylation sites is 1. The fourth-order valence-electron chi connectivity index (χ4n) is 4.12. The van der Waals surface area contributed by atoms with Crippen LogP contribution in [-0.2, 0) is 13.0 Å². The number of hydrogen-bond donors (Lipinski definition) is 2. The van der Waals surface area contributed by atoms with Crippen LogP contribution in [0.1, 0.15) is 34.3 Å². The molecule has 0 saturated carbocycles. The second kappa shape index (κ2) is 7.64. The van der Waals surface area contributed by atoms with Crippen molar-refractivity contribution in [2.24, 2.45) is 0 Å². The minimum absolute atomic E-state index is 0.0631. The minimum atomic E-state index is -0.263. The van der Waals surface area contributed by atoms with E-state index >= 15 is 0 Å². The number of fused-ring (bicyclic) bond motifs is 1. The van der Waals surface area contributed by atoms with Crippen LogP contribution in [-0.4, -0.2) is 44.7 Å². The zero-order chi connectivity index (χ0) is 19.7. The number of aliphatic hydroxyl groups excluding tert-OH is 1. The van der Waals surface area contributed by atoms with E-state index in [9.17, 15) is 14.7 Å². The van der Waals surface area contributed by atoms with Gasteiger partial charge in [0.2, 0.25) is 0 Å². The van der Waals surface area contributed by atoms with Gasteiger partial charge >= 0.3 is 0 Å². The van der Waals surface area contributed by atoms with Crippen LogP contribution in [0.2, 0.25) is 0 Å². The lowest BCUT2D eigenvalue weighted by molar-refractivity contribution is 0.0674. The van der Waals surface area contributed by atoms with Crippen LogP contribution >= 0.6 is 0 Å². The number of hydrogen-bond acceptors (Lipinski definition) is 3. The third-order valence-electron chi connectivity index (χ3n) is 5.73. The van der Waals surface area contributed by atoms with E-state index in [4.69, 9.17) is 0 Å². The molecule has 0 unspecified atom stereocenters. The lowest BCUT2D eigenvalue weighted by Gasteiger charge is -2.23. The highest BCUT2D eigenvalue weighted by molar-refractivity contribution is 5.95. The summed E-state index contributed by atoms with van der Waals surface area (Å²) in [6, 6.07) is 9.72. The fraction of sp³-hybridized carbons (Fsp3) is 0.364. The molecule has 1 aliphatic rings. The molecule has 4 rings (SSSR count). The summed E-state index contributed by atoms with van der Waals surface area (Å²) in [6.07, 6.45) is 6.08. The van der Waals surface area contributed by atoms with Gasteiger partial charge in [-0.1, -0.05) is 18.2 Å². The number of carbonyl (C=O) groups excluding carboxylic acids is 1. The van der Waals surface area contributed by atoms with E-state index in [0.717, 1.165) is 29.3 Å². The van der Waals surface area contributed by atoms with Crippen LogP contribution < -0.4 is 5.56 Å². The van der Waals surface area contributed by atoms with Gasteiger partial charge in [0, 0.05) is 36.4 Å². The number of aryl methyl sites for hydroxylation is 3. The number of likely N-dealkylation sites (tertiary alicyclic amines) is 1. The number of amides is 1. The van der Waals surface area contributed by atoms with Crippen molar-refractivity contribution in [3.63, 3.8) is 0 Å². The second-order valence-corrected chi connectivity index (χ2v) is 7.46. The summed E-state index contributed by atoms with van der Waals surface area (Å²) in [5, 5.41) is 10.7. The zero-order valence-electron chi connectivity index (χ0n) is 16.0. The monoisotopic (exact) mass is 379 g/mol. The number of aliphatic hydroxyl groups is 1. The third kappa shape index (κ3) is 3.24. The van der Waals surface area contributed by atoms with Crippen molar-refractivity contribution in [3.8, 4) is 0 Å². The number of nitrogens with one attached hydrogen (secondary N) is 1. The highest BCUT2D eigenvalue weighted by Crippen LogP contribution is 2.21. The van der Waals surface area contributed by atoms with Crippen LogP contribution in [0.15, 0.2) is 47.5 Å². The number of benzene rings is 1. The van der Waals surface area contributed by atoms with E-state index in [1.54, 1.807) is 22.6 Å². The Kier molecular flexibility index (Phi) is 5.05. The molecule has 28 heavy (non-hydrogen) atoms. The number of aromatic nitrogens is 2. The standard InChI is InChI=1S/C22H25N3O3/c1-15-8-11-24(12-9-16-13-23-19-7-3-2-6-18(16)19)21(27)20(15)22(28)25-10-4-5-17(25)14-26/h2-3,6-8,11,13,17,23,26H,4-5,9-10,12,14H2,1H3/t17-/m1/s1. The van der Waals surface area contributed by atoms with Crippen molar-refractivity contribution in [3.05, 3.63) is 69.8 Å². The molecular formula is C22H25N3O3. The molecule has 0 radical (unpaired) electrons. The zero-order valence-corrected chi connectivity index (χ0v) is 16.0. The Labute approximate surface area is 163 Å². The van der Waals surface area contributed by atoms with Gasteiger partial charge in [-0.15, -0.1) is 0 Å². The number of H-pyrrole nitrogens is 1. The number of pyridine rings is 1. The molecule has 3 heterocycles. The van der Waals surface area contributed by atoms with E-state index in [2.05, 4.69) is 11.1 Å². The Morgan fingerprint density at radius 2 is 2.11 bits per heavy atom. The lowest BCUT2D eigenvalue weighted by atomic mass is 10.1. The molecule has 0 spiro atoms. The number of carbonyl (C=O) groups is 1. The number of aromatic amines is 1. The molecule has 2 N–H and O–H groups in total. The second-order valence-electron chi connectivity index (χ2n) is 7.46. The van der Waals surface area contributed by atoms with Gasteiger partial charge in [0.25, 0.3) is 11.5 Å². The van der Waals surface area contributed by atoms with Crippen LogP contribution in [0.5, 0.6) is 0 Å². The summed E-state index contributed by atoms with van der Waals surface area (Å²) >= 11 is 0. The minimum Gasteiger partial charge on any atom is -0.394 e. The molecular weight excluding hydrogens is 354 g/mol. The third-order valence-corrected chi connectivity index (χ3v) is 5.73. The predicted molar refractivity (Wildman–Crippen MR) is 109 cm³/mol. The Morgan fingerprint density at radius 1 is 1.29 bits per heavy atom. The Morgan fingerprint density at radius 3 is 2.93 bits per heavy atom. The molecule has 6 nitrogen and oxygen atoms in total. The molecule has 1 aliphatic heterocycles. The molecule has 1 atom stereocenters. The summed E-state index contributed by atoms with van der Waals surface area (Å²) in [5.74, 6) is -0.263. The van der Waals surface area contributed by atoms with Gasteiger partial charge in [-0.05, 0) is 49.4 Å². The molecule has 0 aliphatic carbocycles. The van der Waals surface area contributed by atoms with Crippen molar-refractivity contribution >= 4 is 16.8 Å². The first-order valence-electron chi connectivity index (χ1n) is 9.77. The summed E-state index contributed by atoms with van der Waals surface area (Å²) in [4.78, 5) is 31.0. The molecule has 1 fully saturated rings. The summed E-state index contributed by atoms with van der Waals surface area (Å²) in [6.45, 7) is 2.83. The van der Waals surface area contributed by atoms with Crippen LogP contribution in [0, 0.1) is 6.92 Å². The average Bonchev–Trinajstić information content (AvgIpc) is 3.34. The normalized spacial score (nSPS) is 16.8. The van der Waals surface area contributed by atoms with E-state index in [1.165, 1.54) is 0 Å². The lowest BCUT2D eigenvalue weighted by Crippen LogP contribution is -2.41. The highest BCUT2D eigenvalue weighted by atomic mass is 16.3. The summed E-state index contributed by atoms with van der Waals surface area (Å²) < 4.78 is 1.62. The van der Waals surface area contributed by atoms with Crippen LogP contribution in [0.25, 0.3) is 10.9 Å². The quantitative estimate of drug-likeness (QED) is 0.715. The van der Waals surface area contributed by atoms with Crippen molar-refractivity contribution in [1.82, 2.24) is 14.5 Å². The van der Waals surface area contributed by atoms with E-state index < -0.39 is 0 Å². The van der Waals surface area contributed by atoms with Gasteiger partial charge in [0.15, 0.2) is 0 Å². The summed E-state index contributed by atoms with van der Waals surface area (Å²) in [5.41, 5.74) is 2.88. The maximum atomic E-state index is 13.1. The maximum absolute atomic E-state index is 13.1. The Bertz CT molecular complexity index is 1070. The van der Waals surface area contributed by atoms with E-state index in [0.29, 0.717) is 25.1 Å². The first kappa shape index (κ1) is 18.5. The molecule has 1 amide bonds. The van der Waals surface area contributed by atoms with Gasteiger partial charge in [-0.2, -0.15) is 0 Å². The molecule has 0 bridgehead atoms. The van der Waals surface area contributed by atoms with Gasteiger partial charge < -0.3 is 19.6 Å². The van der Waals surface area contributed by atoms with Gasteiger partial charge in [0.1, 0.15) is 5.56 Å². The molecule has 1 saturated heterocycles. The van der Waals surface area contributed by atoms with Crippen molar-refractivity contribution in [2.45, 2.75) is 38.8 Å².